The molecule has 2 aromatic carbocycles. The van der Waals surface area contributed by atoms with Crippen LogP contribution in [0.2, 0.25) is 5.02 Å². The molecule has 2 aliphatic rings. The predicted molar refractivity (Wildman–Crippen MR) is 107 cm³/mol. The number of ketones is 1. The van der Waals surface area contributed by atoms with E-state index in [1.807, 2.05) is 23.6 Å². The van der Waals surface area contributed by atoms with E-state index in [0.29, 0.717) is 22.8 Å². The van der Waals surface area contributed by atoms with Crippen LogP contribution in [0.4, 0.5) is 4.39 Å². The molecule has 0 fully saturated rings. The van der Waals surface area contributed by atoms with Crippen molar-refractivity contribution in [1.82, 2.24) is 5.01 Å². The van der Waals surface area contributed by atoms with Crippen LogP contribution in [0.5, 0.6) is 5.75 Å². The number of halogens is 2. The van der Waals surface area contributed by atoms with Crippen molar-refractivity contribution in [3.05, 3.63) is 86.8 Å². The van der Waals surface area contributed by atoms with Crippen molar-refractivity contribution in [1.29, 1.82) is 0 Å². The first kappa shape index (κ1) is 17.4. The third-order valence-corrected chi connectivity index (χ3v) is 6.06. The van der Waals surface area contributed by atoms with Gasteiger partial charge < -0.3 is 4.74 Å². The Labute approximate surface area is 169 Å². The second-order valence-corrected chi connectivity index (χ2v) is 8.03. The zero-order valence-electron chi connectivity index (χ0n) is 14.5. The number of rotatable bonds is 3. The summed E-state index contributed by atoms with van der Waals surface area (Å²) in [5, 5.41) is 9.04. The molecule has 7 heteroatoms. The fourth-order valence-electron chi connectivity index (χ4n) is 3.58. The molecule has 3 aromatic rings. The normalized spacial score (nSPS) is 20.2. The Bertz CT molecular complexity index is 1080. The van der Waals surface area contributed by atoms with Crippen LogP contribution in [-0.4, -0.2) is 22.7 Å². The number of fused-ring (bicyclic) bond motifs is 3. The van der Waals surface area contributed by atoms with Crippen LogP contribution in [-0.2, 0) is 0 Å². The molecular weight excluding hydrogens is 399 g/mol. The second kappa shape index (κ2) is 6.72. The summed E-state index contributed by atoms with van der Waals surface area (Å²) in [5.74, 6) is -0.0336. The molecule has 0 aliphatic carbocycles. The number of Topliss-reactive ketones (excluding diaryl/α,β-unsaturated/α-hetero) is 1. The summed E-state index contributed by atoms with van der Waals surface area (Å²) in [7, 11) is 0. The first-order chi connectivity index (χ1) is 13.6. The Morgan fingerprint density at radius 1 is 1.21 bits per heavy atom. The zero-order chi connectivity index (χ0) is 19.3. The van der Waals surface area contributed by atoms with Crippen LogP contribution in [0.15, 0.2) is 65.1 Å². The van der Waals surface area contributed by atoms with Crippen LogP contribution in [0.25, 0.3) is 0 Å². The highest BCUT2D eigenvalue weighted by molar-refractivity contribution is 7.12. The van der Waals surface area contributed by atoms with Gasteiger partial charge in [-0.1, -0.05) is 17.7 Å². The fourth-order valence-corrected chi connectivity index (χ4v) is 4.48. The summed E-state index contributed by atoms with van der Waals surface area (Å²) < 4.78 is 19.3. The summed E-state index contributed by atoms with van der Waals surface area (Å²) in [6, 6.07) is 14.7. The third-order valence-electron chi connectivity index (χ3n) is 4.91. The van der Waals surface area contributed by atoms with Gasteiger partial charge in [-0.3, -0.25) is 4.79 Å². The molecule has 3 heterocycles. The second-order valence-electron chi connectivity index (χ2n) is 6.65. The van der Waals surface area contributed by atoms with Crippen LogP contribution in [0, 0.1) is 5.82 Å². The van der Waals surface area contributed by atoms with E-state index < -0.39 is 12.0 Å². The average molecular weight is 413 g/mol. The van der Waals surface area contributed by atoms with E-state index in [4.69, 9.17) is 21.4 Å². The van der Waals surface area contributed by atoms with Crippen molar-refractivity contribution in [2.24, 2.45) is 5.10 Å². The van der Waals surface area contributed by atoms with Gasteiger partial charge >= 0.3 is 0 Å². The molecule has 2 atom stereocenters. The van der Waals surface area contributed by atoms with Gasteiger partial charge in [0.1, 0.15) is 11.6 Å². The average Bonchev–Trinajstić information content (AvgIpc) is 3.37. The number of hydrazone groups is 1. The molecule has 5 rings (SSSR count). The van der Waals surface area contributed by atoms with Crippen molar-refractivity contribution in [2.45, 2.75) is 18.7 Å². The SMILES string of the molecule is O=C(c1ccc(F)cc1)[C@H]1Oc2ccc(Cl)cc2[C@@H]2CC(c3cccs3)=NN12. The van der Waals surface area contributed by atoms with Gasteiger partial charge in [0.25, 0.3) is 6.23 Å². The lowest BCUT2D eigenvalue weighted by Gasteiger charge is -2.37. The van der Waals surface area contributed by atoms with E-state index in [2.05, 4.69) is 0 Å². The molecule has 28 heavy (non-hydrogen) atoms. The van der Waals surface area contributed by atoms with Gasteiger partial charge in [-0.2, -0.15) is 5.10 Å². The number of carbonyl (C=O) groups excluding carboxylic acids is 1. The molecule has 2 aliphatic heterocycles. The fraction of sp³-hybridized carbons (Fsp3) is 0.143. The lowest BCUT2D eigenvalue weighted by molar-refractivity contribution is -0.00455. The van der Waals surface area contributed by atoms with Crippen LogP contribution in [0.1, 0.15) is 33.3 Å². The van der Waals surface area contributed by atoms with Gasteiger partial charge in [0, 0.05) is 22.6 Å². The highest BCUT2D eigenvalue weighted by Gasteiger charge is 2.43. The van der Waals surface area contributed by atoms with Gasteiger partial charge in [-0.05, 0) is 53.9 Å². The van der Waals surface area contributed by atoms with Crippen molar-refractivity contribution >= 4 is 34.4 Å². The molecule has 140 valence electrons. The zero-order valence-corrected chi connectivity index (χ0v) is 16.1. The van der Waals surface area contributed by atoms with Gasteiger partial charge in [0.2, 0.25) is 5.78 Å². The van der Waals surface area contributed by atoms with Crippen LogP contribution < -0.4 is 4.74 Å². The summed E-state index contributed by atoms with van der Waals surface area (Å²) in [6.45, 7) is 0. The van der Waals surface area contributed by atoms with E-state index in [1.165, 1.54) is 24.3 Å². The molecule has 0 saturated heterocycles. The molecular formula is C21H14ClFN2O2S. The van der Waals surface area contributed by atoms with E-state index >= 15 is 0 Å². The number of carbonyl (C=O) groups is 1. The minimum absolute atomic E-state index is 0.144. The summed E-state index contributed by atoms with van der Waals surface area (Å²) in [4.78, 5) is 14.2. The van der Waals surface area contributed by atoms with Crippen molar-refractivity contribution in [3.8, 4) is 5.75 Å². The molecule has 0 bridgehead atoms. The van der Waals surface area contributed by atoms with E-state index in [9.17, 15) is 9.18 Å². The highest BCUT2D eigenvalue weighted by Crippen LogP contribution is 2.44. The maximum atomic E-state index is 13.3. The molecule has 0 radical (unpaired) electrons. The van der Waals surface area contributed by atoms with E-state index in [0.717, 1.165) is 16.2 Å². The molecule has 0 amide bonds. The number of hydrogen-bond acceptors (Lipinski definition) is 5. The largest absolute Gasteiger partial charge is 0.461 e. The predicted octanol–water partition coefficient (Wildman–Crippen LogP) is 5.29. The maximum absolute atomic E-state index is 13.3. The first-order valence-corrected chi connectivity index (χ1v) is 10.0. The molecule has 4 nitrogen and oxygen atoms in total. The molecule has 0 saturated carbocycles. The Hall–Kier alpha value is -2.70. The molecule has 0 unspecified atom stereocenters. The first-order valence-electron chi connectivity index (χ1n) is 8.76. The summed E-state index contributed by atoms with van der Waals surface area (Å²) in [5.41, 5.74) is 2.20. The van der Waals surface area contributed by atoms with Gasteiger partial charge in [0.15, 0.2) is 0 Å². The Morgan fingerprint density at radius 2 is 2.04 bits per heavy atom. The third kappa shape index (κ3) is 2.89. The highest BCUT2D eigenvalue weighted by atomic mass is 35.5. The van der Waals surface area contributed by atoms with Gasteiger partial charge in [0.05, 0.1) is 16.6 Å². The molecule has 0 spiro atoms. The summed E-state index contributed by atoms with van der Waals surface area (Å²) in [6.07, 6.45) is -0.258. The van der Waals surface area contributed by atoms with Crippen molar-refractivity contribution < 1.29 is 13.9 Å². The standard InChI is InChI=1S/C21H14ClFN2O2S/c22-13-5-8-18-15(10-13)17-11-16(19-2-1-9-28-19)24-25(17)21(27-18)20(26)12-3-6-14(23)7-4-12/h1-10,17,21H,11H2/t17-,21+/m0/s1. The summed E-state index contributed by atoms with van der Waals surface area (Å²) >= 11 is 7.81. The van der Waals surface area contributed by atoms with Crippen molar-refractivity contribution in [3.63, 3.8) is 0 Å². The minimum atomic E-state index is -0.915. The van der Waals surface area contributed by atoms with Crippen molar-refractivity contribution in [2.75, 3.05) is 0 Å². The maximum Gasteiger partial charge on any atom is 0.251 e. The Kier molecular flexibility index (Phi) is 4.18. The Morgan fingerprint density at radius 3 is 2.79 bits per heavy atom. The smallest absolute Gasteiger partial charge is 0.251 e. The lowest BCUT2D eigenvalue weighted by atomic mass is 9.97. The van der Waals surface area contributed by atoms with Crippen LogP contribution >= 0.6 is 22.9 Å². The van der Waals surface area contributed by atoms with Crippen LogP contribution in [0.3, 0.4) is 0 Å². The minimum Gasteiger partial charge on any atom is -0.461 e. The number of thiophene rings is 1. The van der Waals surface area contributed by atoms with Gasteiger partial charge in [-0.25, -0.2) is 9.40 Å². The molecule has 1 aromatic heterocycles. The topological polar surface area (TPSA) is 41.9 Å². The quantitative estimate of drug-likeness (QED) is 0.548. The molecule has 0 N–H and O–H groups in total. The van der Waals surface area contributed by atoms with E-state index in [-0.39, 0.29) is 11.8 Å². The number of ether oxygens (including phenoxy) is 1. The van der Waals surface area contributed by atoms with E-state index in [1.54, 1.807) is 28.5 Å². The lowest BCUT2D eigenvalue weighted by Crippen LogP contribution is -2.45. The number of nitrogens with zero attached hydrogens (tertiary/aromatic N) is 2. The number of hydrogen-bond donors (Lipinski definition) is 0. The van der Waals surface area contributed by atoms with Gasteiger partial charge in [-0.15, -0.1) is 11.3 Å². The Balaban J connectivity index is 1.57. The monoisotopic (exact) mass is 412 g/mol. The number of benzene rings is 2.